The third kappa shape index (κ3) is 6.47. The van der Waals surface area contributed by atoms with Crippen LogP contribution in [0.4, 0.5) is 0 Å². The number of nitrogens with zero attached hydrogens (tertiary/aromatic N) is 2. The highest BCUT2D eigenvalue weighted by molar-refractivity contribution is 14.0. The molecule has 0 aliphatic carbocycles. The molecule has 1 aromatic rings. The maximum Gasteiger partial charge on any atom is 0.193 e. The molecule has 0 amide bonds. The molecule has 0 aromatic heterocycles. The number of likely N-dealkylation sites (tertiary alicyclic amines) is 1. The lowest BCUT2D eigenvalue weighted by Gasteiger charge is -2.21. The van der Waals surface area contributed by atoms with Crippen LogP contribution in [0.2, 0.25) is 5.02 Å². The first-order chi connectivity index (χ1) is 10.7. The van der Waals surface area contributed by atoms with Gasteiger partial charge in [0.2, 0.25) is 0 Å². The zero-order chi connectivity index (χ0) is 15.8. The van der Waals surface area contributed by atoms with E-state index in [1.807, 2.05) is 18.2 Å². The third-order valence-electron chi connectivity index (χ3n) is 3.92. The Morgan fingerprint density at radius 2 is 2.22 bits per heavy atom. The van der Waals surface area contributed by atoms with Gasteiger partial charge >= 0.3 is 0 Å². The lowest BCUT2D eigenvalue weighted by molar-refractivity contribution is 0.157. The minimum atomic E-state index is 0. The van der Waals surface area contributed by atoms with E-state index in [-0.39, 0.29) is 24.0 Å². The molecule has 1 heterocycles. The second-order valence-corrected chi connectivity index (χ2v) is 6.04. The number of aliphatic imine (C=N–C) groups is 1. The second kappa shape index (κ2) is 11.1. The molecule has 1 atom stereocenters. The highest BCUT2D eigenvalue weighted by Gasteiger charge is 2.24. The molecule has 130 valence electrons. The smallest absolute Gasteiger partial charge is 0.193 e. The summed E-state index contributed by atoms with van der Waals surface area (Å²) in [5.74, 6) is 1.62. The van der Waals surface area contributed by atoms with Gasteiger partial charge < -0.3 is 15.0 Å². The van der Waals surface area contributed by atoms with E-state index in [2.05, 4.69) is 23.2 Å². The fraction of sp³-hybridized carbons (Fsp3) is 0.588. The highest BCUT2D eigenvalue weighted by atomic mass is 127. The zero-order valence-corrected chi connectivity index (χ0v) is 17.0. The molecule has 2 rings (SSSR count). The van der Waals surface area contributed by atoms with Gasteiger partial charge in [0.25, 0.3) is 0 Å². The van der Waals surface area contributed by atoms with Gasteiger partial charge in [-0.05, 0) is 31.4 Å². The normalized spacial score (nSPS) is 18.0. The lowest BCUT2D eigenvalue weighted by Crippen LogP contribution is -2.40. The maximum atomic E-state index is 6.19. The molecule has 0 spiro atoms. The second-order valence-electron chi connectivity index (χ2n) is 5.63. The van der Waals surface area contributed by atoms with Crippen LogP contribution in [0.15, 0.2) is 29.3 Å². The molecule has 1 saturated heterocycles. The van der Waals surface area contributed by atoms with Gasteiger partial charge in [-0.1, -0.05) is 29.8 Å². The van der Waals surface area contributed by atoms with E-state index in [1.165, 1.54) is 6.42 Å². The third-order valence-corrected chi connectivity index (χ3v) is 4.29. The molecular weight excluding hydrogens is 425 g/mol. The Kier molecular flexibility index (Phi) is 9.90. The number of rotatable bonds is 6. The highest BCUT2D eigenvalue weighted by Crippen LogP contribution is 2.17. The van der Waals surface area contributed by atoms with Crippen LogP contribution in [0, 0.1) is 5.92 Å². The molecule has 0 radical (unpaired) electrons. The Balaban J connectivity index is 0.00000264. The van der Waals surface area contributed by atoms with Crippen LogP contribution in [0.1, 0.15) is 18.9 Å². The van der Waals surface area contributed by atoms with Crippen LogP contribution >= 0.6 is 35.6 Å². The standard InChI is InChI=1S/C17H26ClN3O.HI/c1-3-19-17(21-11-9-14(12-21)13-22-2)20-10-8-15-6-4-5-7-16(15)18;/h4-7,14H,3,8-13H2,1-2H3,(H,19,20);1H. The fourth-order valence-electron chi connectivity index (χ4n) is 2.81. The zero-order valence-electron chi connectivity index (χ0n) is 13.9. The molecule has 1 N–H and O–H groups in total. The molecule has 23 heavy (non-hydrogen) atoms. The number of ether oxygens (including phenoxy) is 1. The van der Waals surface area contributed by atoms with Crippen LogP contribution in [0.25, 0.3) is 0 Å². The molecule has 4 nitrogen and oxygen atoms in total. The van der Waals surface area contributed by atoms with Crippen molar-refractivity contribution in [3.63, 3.8) is 0 Å². The summed E-state index contributed by atoms with van der Waals surface area (Å²) in [7, 11) is 1.77. The number of hydrogen-bond donors (Lipinski definition) is 1. The first-order valence-electron chi connectivity index (χ1n) is 8.00. The van der Waals surface area contributed by atoms with E-state index in [4.69, 9.17) is 21.3 Å². The van der Waals surface area contributed by atoms with Crippen LogP contribution in [0.3, 0.4) is 0 Å². The summed E-state index contributed by atoms with van der Waals surface area (Å²) in [4.78, 5) is 7.09. The molecule has 1 unspecified atom stereocenters. The van der Waals surface area contributed by atoms with Crippen molar-refractivity contribution in [2.45, 2.75) is 19.8 Å². The summed E-state index contributed by atoms with van der Waals surface area (Å²) in [6, 6.07) is 7.97. The van der Waals surface area contributed by atoms with Gasteiger partial charge in [0.15, 0.2) is 5.96 Å². The number of methoxy groups -OCH3 is 1. The van der Waals surface area contributed by atoms with Crippen LogP contribution in [-0.4, -0.2) is 50.8 Å². The van der Waals surface area contributed by atoms with Gasteiger partial charge in [0, 0.05) is 44.2 Å². The van der Waals surface area contributed by atoms with Crippen molar-refractivity contribution in [1.82, 2.24) is 10.2 Å². The Hall–Kier alpha value is -0.530. The predicted octanol–water partition coefficient (Wildman–Crippen LogP) is 3.43. The number of benzene rings is 1. The molecule has 6 heteroatoms. The largest absolute Gasteiger partial charge is 0.384 e. The Morgan fingerprint density at radius 1 is 1.43 bits per heavy atom. The number of guanidine groups is 1. The van der Waals surface area contributed by atoms with Crippen molar-refractivity contribution in [2.75, 3.05) is 39.9 Å². The summed E-state index contributed by atoms with van der Waals surface area (Å²) in [5, 5.41) is 4.21. The summed E-state index contributed by atoms with van der Waals surface area (Å²) < 4.78 is 5.26. The van der Waals surface area contributed by atoms with Crippen LogP contribution in [0.5, 0.6) is 0 Å². The van der Waals surface area contributed by atoms with Crippen molar-refractivity contribution in [1.29, 1.82) is 0 Å². The topological polar surface area (TPSA) is 36.9 Å². The molecule has 0 bridgehead atoms. The SMILES string of the molecule is CCNC(=NCCc1ccccc1Cl)N1CCC(COC)C1.I. The van der Waals surface area contributed by atoms with Crippen molar-refractivity contribution < 1.29 is 4.74 Å². The molecule has 0 saturated carbocycles. The summed E-state index contributed by atoms with van der Waals surface area (Å²) in [5.41, 5.74) is 1.16. The van der Waals surface area contributed by atoms with Gasteiger partial charge in [0.05, 0.1) is 6.61 Å². The van der Waals surface area contributed by atoms with Crippen molar-refractivity contribution in [2.24, 2.45) is 10.9 Å². The number of hydrogen-bond acceptors (Lipinski definition) is 2. The Bertz CT molecular complexity index is 498. The number of halogens is 2. The summed E-state index contributed by atoms with van der Waals surface area (Å²) in [6.45, 7) is 6.63. The average Bonchev–Trinajstić information content (AvgIpc) is 2.97. The van der Waals surface area contributed by atoms with Gasteiger partial charge in [-0.3, -0.25) is 4.99 Å². The quantitative estimate of drug-likeness (QED) is 0.409. The monoisotopic (exact) mass is 451 g/mol. The Labute approximate surface area is 161 Å². The number of nitrogens with one attached hydrogen (secondary N) is 1. The van der Waals surface area contributed by atoms with E-state index in [0.29, 0.717) is 5.92 Å². The lowest BCUT2D eigenvalue weighted by atomic mass is 10.1. The fourth-order valence-corrected chi connectivity index (χ4v) is 3.04. The van der Waals surface area contributed by atoms with Gasteiger partial charge in [-0.2, -0.15) is 0 Å². The molecular formula is C17H27ClIN3O. The van der Waals surface area contributed by atoms with E-state index in [9.17, 15) is 0 Å². The summed E-state index contributed by atoms with van der Waals surface area (Å²) in [6.07, 6.45) is 2.03. The molecule has 1 aliphatic rings. The van der Waals surface area contributed by atoms with Crippen molar-refractivity contribution in [3.05, 3.63) is 34.9 Å². The maximum absolute atomic E-state index is 6.19. The predicted molar refractivity (Wildman–Crippen MR) is 108 cm³/mol. The van der Waals surface area contributed by atoms with Gasteiger partial charge in [-0.15, -0.1) is 24.0 Å². The van der Waals surface area contributed by atoms with Crippen molar-refractivity contribution in [3.8, 4) is 0 Å². The van der Waals surface area contributed by atoms with E-state index < -0.39 is 0 Å². The van der Waals surface area contributed by atoms with Crippen molar-refractivity contribution >= 4 is 41.5 Å². The molecule has 1 fully saturated rings. The van der Waals surface area contributed by atoms with Crippen LogP contribution in [-0.2, 0) is 11.2 Å². The van der Waals surface area contributed by atoms with Gasteiger partial charge in [-0.25, -0.2) is 0 Å². The van der Waals surface area contributed by atoms with Crippen LogP contribution < -0.4 is 5.32 Å². The minimum Gasteiger partial charge on any atom is -0.384 e. The summed E-state index contributed by atoms with van der Waals surface area (Å²) >= 11 is 6.19. The minimum absolute atomic E-state index is 0. The first-order valence-corrected chi connectivity index (χ1v) is 8.38. The van der Waals surface area contributed by atoms with E-state index in [1.54, 1.807) is 7.11 Å². The molecule has 1 aromatic carbocycles. The van der Waals surface area contributed by atoms with E-state index >= 15 is 0 Å². The molecule has 1 aliphatic heterocycles. The van der Waals surface area contributed by atoms with Gasteiger partial charge in [0.1, 0.15) is 0 Å². The Morgan fingerprint density at radius 3 is 2.91 bits per heavy atom. The average molecular weight is 452 g/mol. The van der Waals surface area contributed by atoms with E-state index in [0.717, 1.165) is 55.8 Å². The first kappa shape index (κ1) is 20.5.